The first kappa shape index (κ1) is 38.3. The van der Waals surface area contributed by atoms with E-state index in [1.54, 1.807) is 0 Å². The minimum atomic E-state index is -2.78. The molecule has 2 heteroatoms. The van der Waals surface area contributed by atoms with Crippen LogP contribution in [0.25, 0.3) is 55.6 Å². The Morgan fingerprint density at radius 1 is 0.324 bits per heavy atom. The first-order valence-corrected chi connectivity index (χ1v) is 26.2. The summed E-state index contributed by atoms with van der Waals surface area (Å²) in [5, 5.41) is 6.03. The Hall–Kier alpha value is -7.78. The van der Waals surface area contributed by atoms with Crippen molar-refractivity contribution in [3.05, 3.63) is 257 Å². The molecular formula is C66H47NSi. The number of rotatable bonds is 2. The summed E-state index contributed by atoms with van der Waals surface area (Å²) < 4.78 is 0. The molecule has 15 rings (SSSR count). The van der Waals surface area contributed by atoms with Gasteiger partial charge in [-0.1, -0.05) is 201 Å². The van der Waals surface area contributed by atoms with Gasteiger partial charge in [-0.15, -0.1) is 0 Å². The van der Waals surface area contributed by atoms with E-state index in [9.17, 15) is 0 Å². The lowest BCUT2D eigenvalue weighted by Crippen LogP contribution is -2.70. The highest BCUT2D eigenvalue weighted by Crippen LogP contribution is 2.65. The number of nitrogens with zero attached hydrogens (tertiary/aromatic N) is 1. The lowest BCUT2D eigenvalue weighted by atomic mass is 9.63. The summed E-state index contributed by atoms with van der Waals surface area (Å²) in [6, 6.07) is 82.6. The van der Waals surface area contributed by atoms with Crippen molar-refractivity contribution in [1.82, 2.24) is 0 Å². The van der Waals surface area contributed by atoms with Gasteiger partial charge < -0.3 is 4.90 Å². The molecule has 0 unspecified atom stereocenters. The molecule has 1 nitrogen and oxygen atoms in total. The Balaban J connectivity index is 1.08. The molecular weight excluding hydrogens is 835 g/mol. The molecule has 320 valence electrons. The number of hydrogen-bond donors (Lipinski definition) is 0. The molecule has 0 radical (unpaired) electrons. The largest absolute Gasteiger partial charge is 0.310 e. The number of anilines is 3. The van der Waals surface area contributed by atoms with Gasteiger partial charge in [-0.05, 0) is 160 Å². The van der Waals surface area contributed by atoms with Crippen LogP contribution in [0.2, 0.25) is 0 Å². The Kier molecular flexibility index (Phi) is 7.45. The minimum absolute atomic E-state index is 0.188. The molecule has 0 aromatic heterocycles. The normalized spacial score (nSPS) is 15.7. The fraction of sp³-hybridized carbons (Fsp3) is 0.0909. The van der Waals surface area contributed by atoms with Crippen molar-refractivity contribution in [2.24, 2.45) is 0 Å². The zero-order valence-electron chi connectivity index (χ0n) is 38.7. The number of benzene rings is 10. The number of fused-ring (bicyclic) bond motifs is 22. The van der Waals surface area contributed by atoms with E-state index in [-0.39, 0.29) is 5.41 Å². The first-order valence-electron chi connectivity index (χ1n) is 24.2. The van der Waals surface area contributed by atoms with Gasteiger partial charge in [0.05, 0.1) is 16.8 Å². The molecule has 2 spiro atoms. The predicted molar refractivity (Wildman–Crippen MR) is 286 cm³/mol. The standard InChI is InChI=1S/C66H47NSi/c1-40-26-30-49-50-31-27-41(2)35-63(50)68(62(49)34-40)61-25-15-11-21-48(61)51-32-29-44(37-64(51)68)67-59-33-28-43(42-16-6-5-7-17-42)36-57(59)66(54-23-13-9-18-45(54)46-19-10-14-24-55(46)66)58-38-52-47-20-8-12-22-53(47)65(3,4)56(52)39-60(58)67/h5-39H,1-4H3. The molecule has 0 saturated heterocycles. The van der Waals surface area contributed by atoms with Gasteiger partial charge in [-0.3, -0.25) is 0 Å². The van der Waals surface area contributed by atoms with Crippen LogP contribution in [0.3, 0.4) is 0 Å². The van der Waals surface area contributed by atoms with E-state index in [4.69, 9.17) is 0 Å². The maximum absolute atomic E-state index is 2.78. The molecule has 10 aromatic rings. The summed E-state index contributed by atoms with van der Waals surface area (Å²) in [5.41, 5.74) is 26.9. The Morgan fingerprint density at radius 2 is 0.838 bits per heavy atom. The van der Waals surface area contributed by atoms with Crippen molar-refractivity contribution in [2.45, 2.75) is 38.5 Å². The van der Waals surface area contributed by atoms with E-state index in [2.05, 4.69) is 245 Å². The highest BCUT2D eigenvalue weighted by atomic mass is 28.3. The van der Waals surface area contributed by atoms with E-state index in [1.165, 1.54) is 138 Å². The topological polar surface area (TPSA) is 3.24 Å². The van der Waals surface area contributed by atoms with Gasteiger partial charge in [0.15, 0.2) is 8.07 Å². The van der Waals surface area contributed by atoms with E-state index < -0.39 is 13.5 Å². The average Bonchev–Trinajstić information content (AvgIpc) is 4.02. The second-order valence-electron chi connectivity index (χ2n) is 20.5. The van der Waals surface area contributed by atoms with E-state index in [1.807, 2.05) is 0 Å². The molecule has 0 atom stereocenters. The van der Waals surface area contributed by atoms with Crippen molar-refractivity contribution in [3.8, 4) is 55.6 Å². The zero-order chi connectivity index (χ0) is 45.3. The molecule has 0 amide bonds. The molecule has 5 aliphatic rings. The zero-order valence-corrected chi connectivity index (χ0v) is 39.7. The molecule has 3 heterocycles. The van der Waals surface area contributed by atoms with Gasteiger partial charge in [0.25, 0.3) is 0 Å². The smallest absolute Gasteiger partial charge is 0.182 e. The summed E-state index contributed by atoms with van der Waals surface area (Å²) >= 11 is 0. The lowest BCUT2D eigenvalue weighted by Gasteiger charge is -2.46. The SMILES string of the molecule is Cc1ccc2c(c1)[Si]1(c3ccccc3-c3ccc(N4c5ccc(-c6ccccc6)cc5C5(c6ccccc6-c6ccccc65)c5cc6c(cc54)C(C)(C)c4ccccc4-6)cc31)c1cc(C)ccc1-2. The van der Waals surface area contributed by atoms with E-state index in [0.717, 1.165) is 0 Å². The molecule has 3 aliphatic heterocycles. The van der Waals surface area contributed by atoms with Crippen LogP contribution in [0.4, 0.5) is 17.1 Å². The van der Waals surface area contributed by atoms with Gasteiger partial charge in [-0.2, -0.15) is 0 Å². The summed E-state index contributed by atoms with van der Waals surface area (Å²) in [7, 11) is -2.78. The van der Waals surface area contributed by atoms with Crippen LogP contribution >= 0.6 is 0 Å². The minimum Gasteiger partial charge on any atom is -0.310 e. The highest BCUT2D eigenvalue weighted by molar-refractivity contribution is 7.24. The maximum atomic E-state index is 2.67. The third kappa shape index (κ3) is 4.57. The fourth-order valence-corrected chi connectivity index (χ4v) is 19.8. The Bertz CT molecular complexity index is 3770. The van der Waals surface area contributed by atoms with E-state index >= 15 is 0 Å². The third-order valence-electron chi connectivity index (χ3n) is 16.8. The van der Waals surface area contributed by atoms with Gasteiger partial charge in [0.2, 0.25) is 0 Å². The van der Waals surface area contributed by atoms with Crippen LogP contribution in [0.15, 0.2) is 212 Å². The van der Waals surface area contributed by atoms with Crippen LogP contribution in [-0.2, 0) is 10.8 Å². The Labute approximate surface area is 399 Å². The summed E-state index contributed by atoms with van der Waals surface area (Å²) in [6.07, 6.45) is 0. The van der Waals surface area contributed by atoms with Gasteiger partial charge in [0.1, 0.15) is 0 Å². The van der Waals surface area contributed by atoms with Crippen LogP contribution in [0.5, 0.6) is 0 Å². The lowest BCUT2D eigenvalue weighted by molar-refractivity contribution is 0.658. The Morgan fingerprint density at radius 3 is 1.50 bits per heavy atom. The fourth-order valence-electron chi connectivity index (χ4n) is 14.0. The third-order valence-corrected chi connectivity index (χ3v) is 21.7. The van der Waals surface area contributed by atoms with Crippen molar-refractivity contribution < 1.29 is 0 Å². The summed E-state index contributed by atoms with van der Waals surface area (Å²) in [6.45, 7) is 9.39. The molecule has 0 bridgehead atoms. The molecule has 0 fully saturated rings. The van der Waals surface area contributed by atoms with Gasteiger partial charge in [0, 0.05) is 11.1 Å². The molecule has 0 saturated carbocycles. The van der Waals surface area contributed by atoms with Crippen molar-refractivity contribution >= 4 is 45.9 Å². The van der Waals surface area contributed by atoms with E-state index in [0.29, 0.717) is 0 Å². The van der Waals surface area contributed by atoms with Crippen LogP contribution in [0, 0.1) is 13.8 Å². The van der Waals surface area contributed by atoms with Crippen LogP contribution < -0.4 is 25.6 Å². The summed E-state index contributed by atoms with van der Waals surface area (Å²) in [5.74, 6) is 0. The molecule has 68 heavy (non-hydrogen) atoms. The number of aryl methyl sites for hydroxylation is 2. The quantitative estimate of drug-likeness (QED) is 0.156. The summed E-state index contributed by atoms with van der Waals surface area (Å²) in [4.78, 5) is 2.67. The highest BCUT2D eigenvalue weighted by Gasteiger charge is 2.56. The van der Waals surface area contributed by atoms with Gasteiger partial charge in [-0.25, -0.2) is 0 Å². The number of hydrogen-bond acceptors (Lipinski definition) is 1. The van der Waals surface area contributed by atoms with Gasteiger partial charge >= 0.3 is 0 Å². The second-order valence-corrected chi connectivity index (χ2v) is 24.1. The van der Waals surface area contributed by atoms with Crippen LogP contribution in [0.1, 0.15) is 58.4 Å². The second kappa shape index (κ2) is 13.2. The van der Waals surface area contributed by atoms with Crippen molar-refractivity contribution in [1.29, 1.82) is 0 Å². The maximum Gasteiger partial charge on any atom is 0.182 e. The predicted octanol–water partition coefficient (Wildman–Crippen LogP) is 13.8. The molecule has 10 aromatic carbocycles. The van der Waals surface area contributed by atoms with Crippen molar-refractivity contribution in [2.75, 3.05) is 4.90 Å². The van der Waals surface area contributed by atoms with Crippen molar-refractivity contribution in [3.63, 3.8) is 0 Å². The molecule has 0 N–H and O–H groups in total. The monoisotopic (exact) mass is 881 g/mol. The average molecular weight is 882 g/mol. The molecule has 2 aliphatic carbocycles. The van der Waals surface area contributed by atoms with Crippen LogP contribution in [-0.4, -0.2) is 8.07 Å². The first-order chi connectivity index (χ1) is 33.3.